The van der Waals surface area contributed by atoms with Crippen molar-refractivity contribution < 1.29 is 14.3 Å². The first-order chi connectivity index (χ1) is 10.5. The topological polar surface area (TPSA) is 35.5 Å². The fraction of sp³-hybridized carbons (Fsp3) is 0.316. The molecule has 0 aliphatic heterocycles. The van der Waals surface area contributed by atoms with Gasteiger partial charge in [0.25, 0.3) is 0 Å². The van der Waals surface area contributed by atoms with Gasteiger partial charge in [-0.05, 0) is 44.0 Å². The van der Waals surface area contributed by atoms with Crippen LogP contribution in [0.2, 0.25) is 0 Å². The first-order valence-corrected chi connectivity index (χ1v) is 7.50. The number of hydrogen-bond donors (Lipinski definition) is 0. The maximum absolute atomic E-state index is 11.5. The molecule has 3 heteroatoms. The zero-order chi connectivity index (χ0) is 16.1. The third-order valence-corrected chi connectivity index (χ3v) is 3.58. The lowest BCUT2D eigenvalue weighted by Crippen LogP contribution is -2.09. The molecule has 0 aliphatic rings. The average molecular weight is 298 g/mol. The molecular weight excluding hydrogens is 276 g/mol. The van der Waals surface area contributed by atoms with E-state index in [2.05, 4.69) is 13.0 Å². The molecule has 0 radical (unpaired) electrons. The van der Waals surface area contributed by atoms with E-state index in [1.807, 2.05) is 38.1 Å². The Bertz CT molecular complexity index is 674. The van der Waals surface area contributed by atoms with Gasteiger partial charge in [-0.15, -0.1) is 0 Å². The molecule has 0 bridgehead atoms. The summed E-state index contributed by atoms with van der Waals surface area (Å²) in [7, 11) is 0. The molecule has 2 aromatic rings. The summed E-state index contributed by atoms with van der Waals surface area (Å²) < 4.78 is 11.3. The van der Waals surface area contributed by atoms with Crippen LogP contribution < -0.4 is 9.47 Å². The summed E-state index contributed by atoms with van der Waals surface area (Å²) in [4.78, 5) is 11.5. The minimum Gasteiger partial charge on any atom is -0.488 e. The lowest BCUT2D eigenvalue weighted by atomic mass is 10.1. The van der Waals surface area contributed by atoms with Crippen LogP contribution in [0.4, 0.5) is 0 Å². The number of benzene rings is 2. The van der Waals surface area contributed by atoms with Crippen molar-refractivity contribution in [3.63, 3.8) is 0 Å². The molecule has 22 heavy (non-hydrogen) atoms. The van der Waals surface area contributed by atoms with Crippen LogP contribution in [0.1, 0.15) is 35.6 Å². The monoisotopic (exact) mass is 298 g/mol. The van der Waals surface area contributed by atoms with Gasteiger partial charge in [-0.2, -0.15) is 0 Å². The van der Waals surface area contributed by atoms with E-state index in [9.17, 15) is 4.79 Å². The molecule has 2 aromatic carbocycles. The van der Waals surface area contributed by atoms with Crippen LogP contribution in [0.3, 0.4) is 0 Å². The Balaban J connectivity index is 2.19. The number of carbonyl (C=O) groups is 1. The Kier molecular flexibility index (Phi) is 5.21. The van der Waals surface area contributed by atoms with Gasteiger partial charge >= 0.3 is 5.97 Å². The smallest absolute Gasteiger partial charge is 0.310 e. The molecule has 0 N–H and O–H groups in total. The highest BCUT2D eigenvalue weighted by atomic mass is 16.5. The number of carbonyl (C=O) groups excluding carboxylic acids is 1. The van der Waals surface area contributed by atoms with E-state index in [-0.39, 0.29) is 5.97 Å². The first-order valence-electron chi connectivity index (χ1n) is 7.50. The molecule has 0 unspecified atom stereocenters. The van der Waals surface area contributed by atoms with Gasteiger partial charge in [-0.25, -0.2) is 0 Å². The standard InChI is InChI=1S/C19H22O3/c1-5-19(20)22-18-8-6-7-14(3)16(18)12-21-17-10-9-13(2)11-15(17)4/h6-11H,5,12H2,1-4H3. The maximum Gasteiger partial charge on any atom is 0.310 e. The second-order valence-corrected chi connectivity index (χ2v) is 5.44. The summed E-state index contributed by atoms with van der Waals surface area (Å²) >= 11 is 0. The Morgan fingerprint density at radius 1 is 1.00 bits per heavy atom. The van der Waals surface area contributed by atoms with Gasteiger partial charge in [0.05, 0.1) is 0 Å². The molecule has 116 valence electrons. The summed E-state index contributed by atoms with van der Waals surface area (Å²) in [6, 6.07) is 11.8. The van der Waals surface area contributed by atoms with Crippen LogP contribution in [0.25, 0.3) is 0 Å². The molecule has 0 heterocycles. The van der Waals surface area contributed by atoms with Crippen LogP contribution in [-0.4, -0.2) is 5.97 Å². The normalized spacial score (nSPS) is 10.4. The van der Waals surface area contributed by atoms with Gasteiger partial charge in [0.1, 0.15) is 18.1 Å². The minimum absolute atomic E-state index is 0.238. The van der Waals surface area contributed by atoms with Crippen molar-refractivity contribution in [3.8, 4) is 11.5 Å². The number of aryl methyl sites for hydroxylation is 3. The van der Waals surface area contributed by atoms with Gasteiger partial charge in [0, 0.05) is 12.0 Å². The SMILES string of the molecule is CCC(=O)Oc1cccc(C)c1COc1ccc(C)cc1C. The van der Waals surface area contributed by atoms with E-state index in [1.54, 1.807) is 13.0 Å². The Morgan fingerprint density at radius 2 is 1.77 bits per heavy atom. The van der Waals surface area contributed by atoms with E-state index >= 15 is 0 Å². The van der Waals surface area contributed by atoms with Crippen LogP contribution in [0.15, 0.2) is 36.4 Å². The molecule has 0 atom stereocenters. The van der Waals surface area contributed by atoms with Crippen molar-refractivity contribution in [1.29, 1.82) is 0 Å². The van der Waals surface area contributed by atoms with Gasteiger partial charge in [0.2, 0.25) is 0 Å². The van der Waals surface area contributed by atoms with Gasteiger partial charge in [0.15, 0.2) is 0 Å². The number of hydrogen-bond acceptors (Lipinski definition) is 3. The fourth-order valence-electron chi connectivity index (χ4n) is 2.26. The molecule has 0 amide bonds. The maximum atomic E-state index is 11.5. The highest BCUT2D eigenvalue weighted by Crippen LogP contribution is 2.26. The summed E-state index contributed by atoms with van der Waals surface area (Å²) in [5.74, 6) is 1.19. The summed E-state index contributed by atoms with van der Waals surface area (Å²) in [6.45, 7) is 8.23. The van der Waals surface area contributed by atoms with E-state index in [0.717, 1.165) is 22.4 Å². The van der Waals surface area contributed by atoms with Gasteiger partial charge < -0.3 is 9.47 Å². The average Bonchev–Trinajstić information content (AvgIpc) is 2.48. The Hall–Kier alpha value is -2.29. The molecule has 3 nitrogen and oxygen atoms in total. The number of esters is 1. The largest absolute Gasteiger partial charge is 0.488 e. The van der Waals surface area contributed by atoms with E-state index < -0.39 is 0 Å². The highest BCUT2D eigenvalue weighted by Gasteiger charge is 2.11. The number of ether oxygens (including phenoxy) is 2. The Labute approximate surface area is 131 Å². The van der Waals surface area contributed by atoms with Crippen LogP contribution >= 0.6 is 0 Å². The second-order valence-electron chi connectivity index (χ2n) is 5.44. The third kappa shape index (κ3) is 3.88. The molecule has 0 saturated heterocycles. The van der Waals surface area contributed by atoms with Crippen molar-refractivity contribution in [1.82, 2.24) is 0 Å². The van der Waals surface area contributed by atoms with Gasteiger partial charge in [-0.1, -0.05) is 36.8 Å². The fourth-order valence-corrected chi connectivity index (χ4v) is 2.26. The zero-order valence-corrected chi connectivity index (χ0v) is 13.6. The predicted molar refractivity (Wildman–Crippen MR) is 87.4 cm³/mol. The molecule has 0 aliphatic carbocycles. The van der Waals surface area contributed by atoms with E-state index in [4.69, 9.17) is 9.47 Å². The van der Waals surface area contributed by atoms with Crippen molar-refractivity contribution in [2.75, 3.05) is 0 Å². The first kappa shape index (κ1) is 16.1. The summed E-state index contributed by atoms with van der Waals surface area (Å²) in [6.07, 6.45) is 0.352. The minimum atomic E-state index is -0.238. The van der Waals surface area contributed by atoms with Crippen molar-refractivity contribution in [3.05, 3.63) is 58.7 Å². The molecule has 0 spiro atoms. The van der Waals surface area contributed by atoms with Crippen molar-refractivity contribution >= 4 is 5.97 Å². The van der Waals surface area contributed by atoms with Crippen LogP contribution in [0.5, 0.6) is 11.5 Å². The molecule has 0 saturated carbocycles. The van der Waals surface area contributed by atoms with Crippen molar-refractivity contribution in [2.45, 2.75) is 40.7 Å². The van der Waals surface area contributed by atoms with E-state index in [0.29, 0.717) is 18.8 Å². The molecular formula is C19H22O3. The van der Waals surface area contributed by atoms with Gasteiger partial charge in [-0.3, -0.25) is 4.79 Å². The quantitative estimate of drug-likeness (QED) is 0.602. The van der Waals surface area contributed by atoms with Crippen LogP contribution in [-0.2, 0) is 11.4 Å². The summed E-state index contributed by atoms with van der Waals surface area (Å²) in [5, 5.41) is 0. The van der Waals surface area contributed by atoms with Crippen molar-refractivity contribution in [2.24, 2.45) is 0 Å². The summed E-state index contributed by atoms with van der Waals surface area (Å²) in [5.41, 5.74) is 4.26. The Morgan fingerprint density at radius 3 is 2.45 bits per heavy atom. The molecule has 2 rings (SSSR count). The zero-order valence-electron chi connectivity index (χ0n) is 13.6. The predicted octanol–water partition coefficient (Wildman–Crippen LogP) is 4.51. The second kappa shape index (κ2) is 7.12. The third-order valence-electron chi connectivity index (χ3n) is 3.58. The number of rotatable bonds is 5. The highest BCUT2D eigenvalue weighted by molar-refractivity contribution is 5.72. The van der Waals surface area contributed by atoms with Crippen LogP contribution in [0, 0.1) is 20.8 Å². The lowest BCUT2D eigenvalue weighted by Gasteiger charge is -2.15. The molecule has 0 aromatic heterocycles. The molecule has 0 fully saturated rings. The lowest BCUT2D eigenvalue weighted by molar-refractivity contribution is -0.134. The van der Waals surface area contributed by atoms with E-state index in [1.165, 1.54) is 5.56 Å².